The molecule has 240 valence electrons. The van der Waals surface area contributed by atoms with Gasteiger partial charge in [-0.3, -0.25) is 14.5 Å². The molecule has 1 saturated heterocycles. The van der Waals surface area contributed by atoms with E-state index in [1.54, 1.807) is 19.9 Å². The molecule has 2 saturated carbocycles. The van der Waals surface area contributed by atoms with Gasteiger partial charge in [-0.25, -0.2) is 4.79 Å². The number of Topliss-reactive ketones (excluding diaryl/α,β-unsaturated/α-hetero) is 1. The smallest absolute Gasteiger partial charge is 0.407 e. The molecule has 0 radical (unpaired) electrons. The number of nitrogens with zero attached hydrogens (tertiary/aromatic N) is 3. The number of carbonyl (C=O) groups excluding carboxylic acids is 3. The number of ether oxygens (including phenoxy) is 3. The number of benzene rings is 2. The normalized spacial score (nSPS) is 27.8. The third-order valence-corrected chi connectivity index (χ3v) is 10.6. The zero-order valence-electron chi connectivity index (χ0n) is 26.3. The first kappa shape index (κ1) is 29.2. The molecule has 1 amide bonds. The Bertz CT molecular complexity index is 1720. The van der Waals surface area contributed by atoms with Gasteiger partial charge in [0.05, 0.1) is 6.61 Å². The van der Waals surface area contributed by atoms with E-state index >= 15 is 0 Å². The first-order chi connectivity index (χ1) is 22.1. The fourth-order valence-corrected chi connectivity index (χ4v) is 8.61. The van der Waals surface area contributed by atoms with E-state index in [-0.39, 0.29) is 42.6 Å². The molecule has 2 bridgehead atoms. The van der Waals surface area contributed by atoms with Crippen LogP contribution in [0.2, 0.25) is 0 Å². The molecule has 11 heteroatoms. The van der Waals surface area contributed by atoms with Gasteiger partial charge in [-0.15, -0.1) is 0 Å². The number of amides is 1. The summed E-state index contributed by atoms with van der Waals surface area (Å²) in [4.78, 5) is 46.2. The van der Waals surface area contributed by atoms with Crippen LogP contribution in [0.4, 0.5) is 4.79 Å². The minimum absolute atomic E-state index is 0.00268. The minimum Gasteiger partial charge on any atom is -0.477 e. The number of likely N-dealkylation sites (tertiary alicyclic amines) is 1. The molecule has 2 unspecified atom stereocenters. The van der Waals surface area contributed by atoms with Gasteiger partial charge in [-0.05, 0) is 69.5 Å². The number of hydrogen-bond acceptors (Lipinski definition) is 10. The molecule has 5 aliphatic rings. The maximum absolute atomic E-state index is 13.9. The number of aromatic nitrogens is 2. The fraction of sp³-hybridized carbons (Fsp3) is 0.514. The summed E-state index contributed by atoms with van der Waals surface area (Å²) in [6.45, 7) is 6.93. The first-order valence-corrected chi connectivity index (χ1v) is 16.3. The van der Waals surface area contributed by atoms with Crippen LogP contribution in [-0.4, -0.2) is 64.7 Å². The maximum atomic E-state index is 13.9. The van der Waals surface area contributed by atoms with Crippen molar-refractivity contribution >= 4 is 17.8 Å². The number of esters is 1. The van der Waals surface area contributed by atoms with Crippen LogP contribution in [-0.2, 0) is 31.7 Å². The van der Waals surface area contributed by atoms with E-state index in [0.29, 0.717) is 23.2 Å². The van der Waals surface area contributed by atoms with Gasteiger partial charge in [-0.1, -0.05) is 41.6 Å². The number of hydrogen-bond donors (Lipinski definition) is 1. The fourth-order valence-electron chi connectivity index (χ4n) is 8.61. The SMILES string of the molecule is CC(=O)Oc1ccc2c3c1O[C@H]1C(=O)CC(COC(=O)NC(C)(C)c4nc(-c5ccccc5)no4)C4[C@@H](C2)N(CC2CC2)CC[C@@]341. The van der Waals surface area contributed by atoms with Crippen LogP contribution in [0, 0.1) is 17.8 Å². The zero-order chi connectivity index (χ0) is 31.8. The highest BCUT2D eigenvalue weighted by molar-refractivity contribution is 5.90. The number of carbonyl (C=O) groups is 3. The Hall–Kier alpha value is -4.25. The zero-order valence-corrected chi connectivity index (χ0v) is 26.3. The molecule has 8 rings (SSSR count). The van der Waals surface area contributed by atoms with Gasteiger partial charge in [-0.2, -0.15) is 4.98 Å². The Kier molecular flexibility index (Phi) is 6.75. The van der Waals surface area contributed by atoms with Crippen LogP contribution >= 0.6 is 0 Å². The van der Waals surface area contributed by atoms with Crippen LogP contribution in [0.3, 0.4) is 0 Å². The van der Waals surface area contributed by atoms with E-state index in [1.165, 1.54) is 19.8 Å². The van der Waals surface area contributed by atoms with Crippen molar-refractivity contribution in [1.82, 2.24) is 20.4 Å². The summed E-state index contributed by atoms with van der Waals surface area (Å²) in [5.41, 5.74) is 1.42. The van der Waals surface area contributed by atoms with Gasteiger partial charge in [0, 0.05) is 48.4 Å². The molecular weight excluding hydrogens is 588 g/mol. The van der Waals surface area contributed by atoms with E-state index in [4.69, 9.17) is 18.7 Å². The second kappa shape index (κ2) is 10.7. The molecule has 3 fully saturated rings. The average molecular weight is 627 g/mol. The van der Waals surface area contributed by atoms with Crippen molar-refractivity contribution in [2.24, 2.45) is 17.8 Å². The summed E-state index contributed by atoms with van der Waals surface area (Å²) in [7, 11) is 0. The summed E-state index contributed by atoms with van der Waals surface area (Å²) in [6, 6.07) is 13.5. The topological polar surface area (TPSA) is 133 Å². The van der Waals surface area contributed by atoms with Crippen molar-refractivity contribution in [1.29, 1.82) is 0 Å². The second-order valence-electron chi connectivity index (χ2n) is 14.1. The Balaban J connectivity index is 1.06. The van der Waals surface area contributed by atoms with E-state index in [0.717, 1.165) is 42.6 Å². The molecule has 3 aromatic rings. The predicted octanol–water partition coefficient (Wildman–Crippen LogP) is 4.57. The maximum Gasteiger partial charge on any atom is 0.407 e. The highest BCUT2D eigenvalue weighted by atomic mass is 16.6. The van der Waals surface area contributed by atoms with Crippen molar-refractivity contribution in [3.63, 3.8) is 0 Å². The molecule has 5 atom stereocenters. The Morgan fingerprint density at radius 1 is 1.13 bits per heavy atom. The number of nitrogens with one attached hydrogen (secondary N) is 1. The van der Waals surface area contributed by atoms with Crippen LogP contribution < -0.4 is 14.8 Å². The molecule has 11 nitrogen and oxygen atoms in total. The number of rotatable bonds is 8. The van der Waals surface area contributed by atoms with Gasteiger partial charge in [0.2, 0.25) is 5.82 Å². The lowest BCUT2D eigenvalue weighted by Crippen LogP contribution is -2.69. The molecule has 2 aliphatic heterocycles. The van der Waals surface area contributed by atoms with Crippen molar-refractivity contribution in [2.75, 3.05) is 19.7 Å². The molecule has 3 heterocycles. The number of ketones is 1. The summed E-state index contributed by atoms with van der Waals surface area (Å²) in [6.07, 6.45) is 3.07. The van der Waals surface area contributed by atoms with Gasteiger partial charge < -0.3 is 24.1 Å². The molecular formula is C35H38N4O7. The van der Waals surface area contributed by atoms with Crippen molar-refractivity contribution < 1.29 is 33.1 Å². The van der Waals surface area contributed by atoms with E-state index in [9.17, 15) is 14.4 Å². The van der Waals surface area contributed by atoms with Crippen LogP contribution in [0.15, 0.2) is 47.0 Å². The lowest BCUT2D eigenvalue weighted by atomic mass is 9.49. The predicted molar refractivity (Wildman–Crippen MR) is 164 cm³/mol. The van der Waals surface area contributed by atoms with Gasteiger partial charge >= 0.3 is 12.1 Å². The van der Waals surface area contributed by atoms with E-state index < -0.39 is 29.1 Å². The Morgan fingerprint density at radius 2 is 1.93 bits per heavy atom. The van der Waals surface area contributed by atoms with E-state index in [1.807, 2.05) is 36.4 Å². The summed E-state index contributed by atoms with van der Waals surface area (Å²) < 4.78 is 23.5. The summed E-state index contributed by atoms with van der Waals surface area (Å²) >= 11 is 0. The van der Waals surface area contributed by atoms with Crippen LogP contribution in [0.1, 0.15) is 63.5 Å². The molecule has 3 aliphatic carbocycles. The molecule has 1 aromatic heterocycles. The van der Waals surface area contributed by atoms with Gasteiger partial charge in [0.15, 0.2) is 23.4 Å². The summed E-state index contributed by atoms with van der Waals surface area (Å²) in [5, 5.41) is 6.98. The quantitative estimate of drug-likeness (QED) is 0.280. The highest BCUT2D eigenvalue weighted by Crippen LogP contribution is 2.64. The second-order valence-corrected chi connectivity index (χ2v) is 14.1. The Labute approximate surface area is 267 Å². The largest absolute Gasteiger partial charge is 0.477 e. The standard InChI is InChI=1S/C35H38N4O7/c1-19(40)44-26-12-11-22-15-24-27-23(16-25(41)30-35(27,28(22)29(26)45-30)13-14-39(24)17-20-9-10-20)18-43-33(42)37-34(2,3)32-36-31(38-46-32)21-7-5-4-6-8-21/h4-8,11-12,20,23-24,27,30H,9-10,13-18H2,1-3H3,(H,37,42)/t23?,24-,27?,30+,35+/m1/s1. The van der Waals surface area contributed by atoms with Crippen molar-refractivity contribution in [2.45, 2.75) is 76.0 Å². The Morgan fingerprint density at radius 3 is 2.70 bits per heavy atom. The monoisotopic (exact) mass is 626 g/mol. The number of alkyl carbamates (subject to hydrolysis) is 1. The van der Waals surface area contributed by atoms with Gasteiger partial charge in [0.25, 0.3) is 5.89 Å². The van der Waals surface area contributed by atoms with E-state index in [2.05, 4.69) is 20.4 Å². The molecule has 46 heavy (non-hydrogen) atoms. The molecule has 2 aromatic carbocycles. The highest BCUT2D eigenvalue weighted by Gasteiger charge is 2.68. The lowest BCUT2D eigenvalue weighted by molar-refractivity contribution is -0.147. The lowest BCUT2D eigenvalue weighted by Gasteiger charge is -2.60. The van der Waals surface area contributed by atoms with Crippen molar-refractivity contribution in [3.8, 4) is 22.9 Å². The molecule has 1 N–H and O–H groups in total. The third kappa shape index (κ3) is 4.70. The minimum atomic E-state index is -0.994. The first-order valence-electron chi connectivity index (χ1n) is 16.3. The van der Waals surface area contributed by atoms with Crippen molar-refractivity contribution in [3.05, 3.63) is 59.5 Å². The van der Waals surface area contributed by atoms with Crippen LogP contribution in [0.25, 0.3) is 11.4 Å². The number of piperidine rings is 1. The summed E-state index contributed by atoms with van der Waals surface area (Å²) in [5.74, 6) is 1.71. The van der Waals surface area contributed by atoms with Crippen LogP contribution in [0.5, 0.6) is 11.5 Å². The third-order valence-electron chi connectivity index (χ3n) is 10.6. The molecule has 1 spiro atoms. The van der Waals surface area contributed by atoms with Gasteiger partial charge in [0.1, 0.15) is 5.54 Å². The average Bonchev–Trinajstić information content (AvgIpc) is 3.55.